The molecule has 1 atom stereocenters. The highest BCUT2D eigenvalue weighted by Crippen LogP contribution is 2.41. The Bertz CT molecular complexity index is 1040. The maximum Gasteiger partial charge on any atom is 0.374 e. The van der Waals surface area contributed by atoms with Crippen molar-refractivity contribution < 1.29 is 23.5 Å². The van der Waals surface area contributed by atoms with Crippen LogP contribution in [-0.4, -0.2) is 30.7 Å². The second-order valence-corrected chi connectivity index (χ2v) is 8.96. The van der Waals surface area contributed by atoms with Gasteiger partial charge in [0.2, 0.25) is 0 Å². The van der Waals surface area contributed by atoms with E-state index in [0.29, 0.717) is 23.0 Å². The smallest absolute Gasteiger partial charge is 0.374 e. The number of aryl methyl sites for hydroxylation is 1. The molecule has 33 heavy (non-hydrogen) atoms. The van der Waals surface area contributed by atoms with E-state index in [1.165, 1.54) is 11.9 Å². The van der Waals surface area contributed by atoms with Crippen LogP contribution in [0, 0.1) is 18.3 Å². The molecule has 7 nitrogen and oxygen atoms in total. The van der Waals surface area contributed by atoms with Crippen LogP contribution in [0.4, 0.5) is 0 Å². The third-order valence-corrected chi connectivity index (χ3v) is 6.71. The van der Waals surface area contributed by atoms with E-state index < -0.39 is 14.1 Å². The number of ether oxygens (including phenoxy) is 4. The number of nitrogens with zero attached hydrogens (tertiary/aromatic N) is 2. The van der Waals surface area contributed by atoms with E-state index in [4.69, 9.17) is 18.9 Å². The lowest BCUT2D eigenvalue weighted by molar-refractivity contribution is -0.107. The monoisotopic (exact) mass is 484 g/mol. The SMILES string of the molecule is COc1ccc(OC(Oc2ccc(OC)cc2)([PH2]=O)N(CC#N)Sc2ccc(C)cc2)cc1. The van der Waals surface area contributed by atoms with Gasteiger partial charge in [0, 0.05) is 4.90 Å². The molecule has 0 aliphatic carbocycles. The van der Waals surface area contributed by atoms with E-state index in [-0.39, 0.29) is 6.54 Å². The van der Waals surface area contributed by atoms with E-state index in [1.807, 2.05) is 31.2 Å². The third kappa shape index (κ3) is 6.45. The van der Waals surface area contributed by atoms with Crippen LogP contribution in [0.1, 0.15) is 5.56 Å². The maximum absolute atomic E-state index is 12.8. The molecule has 0 saturated carbocycles. The molecule has 1 unspecified atom stereocenters. The average molecular weight is 485 g/mol. The van der Waals surface area contributed by atoms with E-state index in [0.717, 1.165) is 10.5 Å². The van der Waals surface area contributed by atoms with Crippen LogP contribution in [0.3, 0.4) is 0 Å². The summed E-state index contributed by atoms with van der Waals surface area (Å²) in [6, 6.07) is 23.6. The number of nitriles is 1. The lowest BCUT2D eigenvalue weighted by Gasteiger charge is -2.37. The summed E-state index contributed by atoms with van der Waals surface area (Å²) in [6.45, 7) is 1.90. The summed E-state index contributed by atoms with van der Waals surface area (Å²) in [5, 5.41) is 9.54. The normalized spacial score (nSPS) is 11.4. The van der Waals surface area contributed by atoms with Gasteiger partial charge in [-0.1, -0.05) is 17.7 Å². The standard InChI is InChI=1S/C24H25N2O5PS/c1-18-4-14-23(15-5-18)33-26(17-16-25)24(32-27,30-21-10-6-19(28-2)7-11-21)31-22-12-8-20(29-3)9-13-22/h4-15H,17,32H2,1-3H3. The van der Waals surface area contributed by atoms with Crippen molar-refractivity contribution in [2.75, 3.05) is 20.8 Å². The molecule has 0 saturated heterocycles. The summed E-state index contributed by atoms with van der Waals surface area (Å²) in [7, 11) is 1.45. The summed E-state index contributed by atoms with van der Waals surface area (Å²) in [6.07, 6.45) is 0. The molecular weight excluding hydrogens is 459 g/mol. The topological polar surface area (TPSA) is 81.0 Å². The van der Waals surface area contributed by atoms with Gasteiger partial charge in [0.05, 0.1) is 20.3 Å². The third-order valence-electron chi connectivity index (χ3n) is 4.59. The van der Waals surface area contributed by atoms with Gasteiger partial charge in [-0.3, -0.25) is 0 Å². The van der Waals surface area contributed by atoms with Crippen LogP contribution in [0.5, 0.6) is 23.0 Å². The zero-order valence-electron chi connectivity index (χ0n) is 18.6. The minimum Gasteiger partial charge on any atom is -0.497 e. The van der Waals surface area contributed by atoms with Gasteiger partial charge in [-0.2, -0.15) is 9.57 Å². The molecule has 0 aromatic heterocycles. The van der Waals surface area contributed by atoms with E-state index in [1.54, 1.807) is 67.1 Å². The van der Waals surface area contributed by atoms with Crippen molar-refractivity contribution in [2.24, 2.45) is 0 Å². The number of rotatable bonds is 11. The molecule has 0 N–H and O–H groups in total. The molecule has 3 aromatic rings. The van der Waals surface area contributed by atoms with Gasteiger partial charge >= 0.3 is 5.65 Å². The Labute approximate surface area is 199 Å². The van der Waals surface area contributed by atoms with Gasteiger partial charge < -0.3 is 23.5 Å². The molecule has 9 heteroatoms. The molecule has 3 aromatic carbocycles. The number of hydrogen-bond acceptors (Lipinski definition) is 8. The lowest BCUT2D eigenvalue weighted by Crippen LogP contribution is -2.50. The molecule has 0 fully saturated rings. The minimum atomic E-state index is -1.73. The Morgan fingerprint density at radius 2 is 1.30 bits per heavy atom. The van der Waals surface area contributed by atoms with Gasteiger partial charge in [-0.05, 0) is 79.5 Å². The van der Waals surface area contributed by atoms with Crippen molar-refractivity contribution in [1.29, 1.82) is 5.26 Å². The number of methoxy groups -OCH3 is 2. The van der Waals surface area contributed by atoms with Crippen LogP contribution < -0.4 is 18.9 Å². The van der Waals surface area contributed by atoms with Crippen LogP contribution in [0.25, 0.3) is 0 Å². The Balaban J connectivity index is 2.00. The first kappa shape index (κ1) is 24.5. The quantitative estimate of drug-likeness (QED) is 0.156. The van der Waals surface area contributed by atoms with Crippen LogP contribution in [0.15, 0.2) is 77.7 Å². The van der Waals surface area contributed by atoms with Crippen molar-refractivity contribution in [3.8, 4) is 29.1 Å². The van der Waals surface area contributed by atoms with Crippen molar-refractivity contribution >= 4 is 20.4 Å². The van der Waals surface area contributed by atoms with E-state index >= 15 is 0 Å². The fourth-order valence-corrected chi connectivity index (χ4v) is 4.55. The van der Waals surface area contributed by atoms with E-state index in [2.05, 4.69) is 6.07 Å². The maximum atomic E-state index is 12.8. The molecule has 172 valence electrons. The van der Waals surface area contributed by atoms with Crippen molar-refractivity contribution in [3.63, 3.8) is 0 Å². The summed E-state index contributed by atoms with van der Waals surface area (Å²) < 4.78 is 37.1. The summed E-state index contributed by atoms with van der Waals surface area (Å²) in [4.78, 5) is 0.852. The van der Waals surface area contributed by atoms with Crippen LogP contribution in [0.2, 0.25) is 0 Å². The van der Waals surface area contributed by atoms with Crippen molar-refractivity contribution in [1.82, 2.24) is 4.31 Å². The minimum absolute atomic E-state index is 0.0971. The first-order chi connectivity index (χ1) is 16.0. The van der Waals surface area contributed by atoms with Gasteiger partial charge in [0.25, 0.3) is 0 Å². The van der Waals surface area contributed by atoms with Crippen molar-refractivity contribution in [3.05, 3.63) is 78.4 Å². The average Bonchev–Trinajstić information content (AvgIpc) is 2.85. The molecule has 0 heterocycles. The molecule has 0 spiro atoms. The summed E-state index contributed by atoms with van der Waals surface area (Å²) in [5.41, 5.74) is -0.620. The van der Waals surface area contributed by atoms with Gasteiger partial charge in [-0.15, -0.1) is 0 Å². The summed E-state index contributed by atoms with van der Waals surface area (Å²) in [5.74, 6) is 2.14. The highest BCUT2D eigenvalue weighted by atomic mass is 32.2. The predicted molar refractivity (Wildman–Crippen MR) is 130 cm³/mol. The first-order valence-electron chi connectivity index (χ1n) is 10.0. The molecule has 3 rings (SSSR count). The first-order valence-corrected chi connectivity index (χ1v) is 11.9. The molecule has 0 amide bonds. The van der Waals surface area contributed by atoms with Crippen LogP contribution >= 0.6 is 20.4 Å². The lowest BCUT2D eigenvalue weighted by atomic mass is 10.2. The zero-order valence-corrected chi connectivity index (χ0v) is 20.5. The number of hydrogen-bond donors (Lipinski definition) is 0. The second kappa shape index (κ2) is 11.7. The number of benzene rings is 3. The summed E-state index contributed by atoms with van der Waals surface area (Å²) >= 11 is 1.24. The Morgan fingerprint density at radius 3 is 1.70 bits per heavy atom. The van der Waals surface area contributed by atoms with Gasteiger partial charge in [0.15, 0.2) is 8.46 Å². The van der Waals surface area contributed by atoms with Crippen LogP contribution in [-0.2, 0) is 4.57 Å². The predicted octanol–water partition coefficient (Wildman–Crippen LogP) is 5.37. The Hall–Kier alpha value is -3.11. The largest absolute Gasteiger partial charge is 0.497 e. The zero-order chi connectivity index (χ0) is 23.7. The Kier molecular flexibility index (Phi) is 8.67. The molecular formula is C24H25N2O5PS. The molecule has 0 radical (unpaired) electrons. The fourth-order valence-electron chi connectivity index (χ4n) is 2.85. The molecule has 0 aliphatic heterocycles. The molecule has 0 bridgehead atoms. The van der Waals surface area contributed by atoms with Gasteiger partial charge in [-0.25, -0.2) is 0 Å². The van der Waals surface area contributed by atoms with Crippen molar-refractivity contribution in [2.45, 2.75) is 17.5 Å². The highest BCUT2D eigenvalue weighted by Gasteiger charge is 2.43. The highest BCUT2D eigenvalue weighted by molar-refractivity contribution is 7.97. The molecule has 0 aliphatic rings. The fraction of sp³-hybridized carbons (Fsp3) is 0.208. The Morgan fingerprint density at radius 1 is 0.848 bits per heavy atom. The second-order valence-electron chi connectivity index (χ2n) is 6.90. The van der Waals surface area contributed by atoms with Gasteiger partial charge in [0.1, 0.15) is 29.5 Å². The van der Waals surface area contributed by atoms with E-state index in [9.17, 15) is 9.83 Å².